The Kier molecular flexibility index (Phi) is 6.26. The van der Waals surface area contributed by atoms with Gasteiger partial charge in [-0.2, -0.15) is 0 Å². The predicted octanol–water partition coefficient (Wildman–Crippen LogP) is 4.75. The predicted molar refractivity (Wildman–Crippen MR) is 110 cm³/mol. The maximum atomic E-state index is 12.5. The molecule has 3 rings (SSSR count). The summed E-state index contributed by atoms with van der Waals surface area (Å²) in [5.74, 6) is -0.796. The van der Waals surface area contributed by atoms with Crippen molar-refractivity contribution in [2.75, 3.05) is 13.6 Å². The minimum atomic E-state index is -0.449. The quantitative estimate of drug-likeness (QED) is 0.629. The number of hydrogen-bond acceptors (Lipinski definition) is 5. The number of benzene rings is 1. The molecule has 0 aliphatic carbocycles. The van der Waals surface area contributed by atoms with E-state index < -0.39 is 11.1 Å². The zero-order valence-electron chi connectivity index (χ0n) is 14.1. The second-order valence-electron chi connectivity index (χ2n) is 5.78. The smallest absolute Gasteiger partial charge is 0.294 e. The molecule has 1 fully saturated rings. The molecule has 1 aliphatic heterocycles. The van der Waals surface area contributed by atoms with Gasteiger partial charge in [-0.25, -0.2) is 0 Å². The standard InChI is InChI=1S/C18H14Cl2N2O3S2/c1-21(9-11-4-5-13(19)14(20)7-11)16(23)10-22-17(24)15(27-18(22)25)8-12-3-2-6-26-12/h2-8H,9-10H2,1H3/b15-8-. The molecule has 0 saturated carbocycles. The van der Waals surface area contributed by atoms with Crippen LogP contribution < -0.4 is 0 Å². The minimum Gasteiger partial charge on any atom is -0.340 e. The van der Waals surface area contributed by atoms with Crippen LogP contribution in [0.5, 0.6) is 0 Å². The molecule has 1 aromatic heterocycles. The van der Waals surface area contributed by atoms with Gasteiger partial charge in [-0.05, 0) is 47.0 Å². The fourth-order valence-corrected chi connectivity index (χ4v) is 4.28. The number of carbonyl (C=O) groups excluding carboxylic acids is 3. The van der Waals surface area contributed by atoms with Crippen LogP contribution in [0.25, 0.3) is 6.08 Å². The lowest BCUT2D eigenvalue weighted by molar-refractivity contribution is -0.135. The molecular weight excluding hydrogens is 427 g/mol. The van der Waals surface area contributed by atoms with Gasteiger partial charge in [0.15, 0.2) is 0 Å². The molecule has 5 nitrogen and oxygen atoms in total. The molecule has 140 valence electrons. The van der Waals surface area contributed by atoms with Crippen molar-refractivity contribution in [2.45, 2.75) is 6.54 Å². The molecule has 1 saturated heterocycles. The Balaban J connectivity index is 1.65. The third-order valence-corrected chi connectivity index (χ3v) is 6.28. The van der Waals surface area contributed by atoms with E-state index in [-0.39, 0.29) is 19.0 Å². The highest BCUT2D eigenvalue weighted by Crippen LogP contribution is 2.33. The van der Waals surface area contributed by atoms with Crippen LogP contribution in [0.3, 0.4) is 0 Å². The summed E-state index contributed by atoms with van der Waals surface area (Å²) in [7, 11) is 1.60. The van der Waals surface area contributed by atoms with Crippen molar-refractivity contribution in [3.63, 3.8) is 0 Å². The highest BCUT2D eigenvalue weighted by Gasteiger charge is 2.36. The average Bonchev–Trinajstić information content (AvgIpc) is 3.22. The van der Waals surface area contributed by atoms with E-state index in [0.29, 0.717) is 15.0 Å². The number of halogens is 2. The van der Waals surface area contributed by atoms with Gasteiger partial charge in [0.25, 0.3) is 11.1 Å². The van der Waals surface area contributed by atoms with E-state index in [1.165, 1.54) is 16.2 Å². The van der Waals surface area contributed by atoms with Crippen molar-refractivity contribution >= 4 is 69.4 Å². The molecule has 0 spiro atoms. The number of amides is 3. The summed E-state index contributed by atoms with van der Waals surface area (Å²) in [6.07, 6.45) is 1.67. The third-order valence-electron chi connectivity index (χ3n) is 3.81. The number of hydrogen-bond donors (Lipinski definition) is 0. The summed E-state index contributed by atoms with van der Waals surface area (Å²) >= 11 is 14.2. The van der Waals surface area contributed by atoms with E-state index in [1.807, 2.05) is 17.5 Å². The van der Waals surface area contributed by atoms with E-state index >= 15 is 0 Å². The lowest BCUT2D eigenvalue weighted by Gasteiger charge is -2.20. The number of thioether (sulfide) groups is 1. The van der Waals surface area contributed by atoms with Crippen LogP contribution in [-0.2, 0) is 16.1 Å². The largest absolute Gasteiger partial charge is 0.340 e. The number of thiophene rings is 1. The Labute approximate surface area is 174 Å². The van der Waals surface area contributed by atoms with Crippen LogP contribution in [0.15, 0.2) is 40.6 Å². The van der Waals surface area contributed by atoms with E-state index in [4.69, 9.17) is 23.2 Å². The molecule has 0 N–H and O–H groups in total. The van der Waals surface area contributed by atoms with Crippen LogP contribution in [0.2, 0.25) is 10.0 Å². The molecule has 0 unspecified atom stereocenters. The molecule has 2 heterocycles. The van der Waals surface area contributed by atoms with Crippen molar-refractivity contribution in [2.24, 2.45) is 0 Å². The maximum absolute atomic E-state index is 12.5. The van der Waals surface area contributed by atoms with Crippen LogP contribution in [0, 0.1) is 0 Å². The molecule has 0 atom stereocenters. The van der Waals surface area contributed by atoms with E-state index in [9.17, 15) is 14.4 Å². The van der Waals surface area contributed by atoms with Gasteiger partial charge in [0, 0.05) is 18.5 Å². The Hall–Kier alpha value is -1.80. The van der Waals surface area contributed by atoms with Gasteiger partial charge in [0.1, 0.15) is 6.54 Å². The maximum Gasteiger partial charge on any atom is 0.294 e. The first-order chi connectivity index (χ1) is 12.8. The Morgan fingerprint density at radius 2 is 2.00 bits per heavy atom. The fourth-order valence-electron chi connectivity index (χ4n) is 2.39. The van der Waals surface area contributed by atoms with Crippen molar-refractivity contribution in [3.05, 3.63) is 61.1 Å². The summed E-state index contributed by atoms with van der Waals surface area (Å²) < 4.78 is 0. The first-order valence-electron chi connectivity index (χ1n) is 7.82. The molecule has 1 aliphatic rings. The number of nitrogens with zero attached hydrogens (tertiary/aromatic N) is 2. The van der Waals surface area contributed by atoms with Crippen molar-refractivity contribution < 1.29 is 14.4 Å². The summed E-state index contributed by atoms with van der Waals surface area (Å²) in [6, 6.07) is 8.82. The van der Waals surface area contributed by atoms with E-state index in [0.717, 1.165) is 27.1 Å². The number of likely N-dealkylation sites (N-methyl/N-ethyl adjacent to an activating group) is 1. The van der Waals surface area contributed by atoms with Crippen LogP contribution in [-0.4, -0.2) is 40.4 Å². The summed E-state index contributed by atoms with van der Waals surface area (Å²) in [5.41, 5.74) is 0.798. The van der Waals surface area contributed by atoms with Gasteiger partial charge < -0.3 is 4.90 Å². The van der Waals surface area contributed by atoms with Gasteiger partial charge in [-0.15, -0.1) is 11.3 Å². The summed E-state index contributed by atoms with van der Waals surface area (Å²) in [5, 5.41) is 2.28. The molecule has 2 aromatic rings. The second kappa shape index (κ2) is 8.48. The molecule has 3 amide bonds. The zero-order chi connectivity index (χ0) is 19.6. The van der Waals surface area contributed by atoms with Gasteiger partial charge in [-0.3, -0.25) is 19.3 Å². The van der Waals surface area contributed by atoms with Gasteiger partial charge in [-0.1, -0.05) is 35.3 Å². The van der Waals surface area contributed by atoms with Crippen LogP contribution >= 0.6 is 46.3 Å². The molecule has 9 heteroatoms. The van der Waals surface area contributed by atoms with Crippen molar-refractivity contribution in [1.29, 1.82) is 0 Å². The Bertz CT molecular complexity index is 929. The van der Waals surface area contributed by atoms with Gasteiger partial charge in [0.2, 0.25) is 5.91 Å². The zero-order valence-corrected chi connectivity index (χ0v) is 17.3. The molecular formula is C18H14Cl2N2O3S2. The monoisotopic (exact) mass is 440 g/mol. The lowest BCUT2D eigenvalue weighted by Crippen LogP contribution is -2.40. The molecule has 0 radical (unpaired) electrons. The van der Waals surface area contributed by atoms with Crippen LogP contribution in [0.1, 0.15) is 10.4 Å². The lowest BCUT2D eigenvalue weighted by atomic mass is 10.2. The highest BCUT2D eigenvalue weighted by molar-refractivity contribution is 8.18. The van der Waals surface area contributed by atoms with Gasteiger partial charge in [0.05, 0.1) is 15.0 Å². The number of imide groups is 1. The first kappa shape index (κ1) is 19.9. The van der Waals surface area contributed by atoms with E-state index in [1.54, 1.807) is 31.3 Å². The average molecular weight is 441 g/mol. The Morgan fingerprint density at radius 3 is 2.67 bits per heavy atom. The fraction of sp³-hybridized carbons (Fsp3) is 0.167. The first-order valence-corrected chi connectivity index (χ1v) is 10.3. The van der Waals surface area contributed by atoms with Crippen LogP contribution in [0.4, 0.5) is 4.79 Å². The number of rotatable bonds is 5. The minimum absolute atomic E-state index is 0.289. The molecule has 27 heavy (non-hydrogen) atoms. The van der Waals surface area contributed by atoms with E-state index in [2.05, 4.69) is 0 Å². The Morgan fingerprint density at radius 1 is 1.22 bits per heavy atom. The second-order valence-corrected chi connectivity index (χ2v) is 8.57. The normalized spacial score (nSPS) is 15.7. The van der Waals surface area contributed by atoms with Crippen molar-refractivity contribution in [1.82, 2.24) is 9.80 Å². The van der Waals surface area contributed by atoms with Gasteiger partial charge >= 0.3 is 0 Å². The summed E-state index contributed by atoms with van der Waals surface area (Å²) in [6.45, 7) is -0.0127. The van der Waals surface area contributed by atoms with Crippen molar-refractivity contribution in [3.8, 4) is 0 Å². The highest BCUT2D eigenvalue weighted by atomic mass is 35.5. The molecule has 1 aromatic carbocycles. The third kappa shape index (κ3) is 4.73. The summed E-state index contributed by atoms with van der Waals surface area (Å²) in [4.78, 5) is 40.7. The SMILES string of the molecule is CN(Cc1ccc(Cl)c(Cl)c1)C(=O)CN1C(=O)S/C(=C\c2cccs2)C1=O. The topological polar surface area (TPSA) is 57.7 Å². The molecule has 0 bridgehead atoms. The number of carbonyl (C=O) groups is 3.